The molecule has 0 atom stereocenters. The summed E-state index contributed by atoms with van der Waals surface area (Å²) in [6.45, 7) is 4.86. The number of methoxy groups -OCH3 is 2. The lowest BCUT2D eigenvalue weighted by Gasteiger charge is -2.16. The fourth-order valence-electron chi connectivity index (χ4n) is 2.55. The predicted octanol–water partition coefficient (Wildman–Crippen LogP) is 4.58. The Kier molecular flexibility index (Phi) is 7.88. The van der Waals surface area contributed by atoms with Gasteiger partial charge in [0, 0.05) is 24.0 Å². The molecule has 2 aromatic rings. The number of anilines is 2. The highest BCUT2D eigenvalue weighted by Crippen LogP contribution is 2.29. The first-order chi connectivity index (χ1) is 13.8. The molecule has 0 radical (unpaired) electrons. The van der Waals surface area contributed by atoms with Gasteiger partial charge in [0.2, 0.25) is 0 Å². The minimum absolute atomic E-state index is 0.272. The second kappa shape index (κ2) is 10.4. The number of carbonyl (C=O) groups is 2. The maximum absolute atomic E-state index is 12.6. The SMILES string of the molecule is COC(=O)N(C)c1ccc(NC(=O)c2ccc(OCCC(C)C)c(OC)c2)cc1. The average Bonchev–Trinajstić information content (AvgIpc) is 2.73. The van der Waals surface area contributed by atoms with Gasteiger partial charge in [0.05, 0.1) is 20.8 Å². The van der Waals surface area contributed by atoms with Crippen molar-refractivity contribution in [1.82, 2.24) is 0 Å². The minimum atomic E-state index is -0.468. The zero-order chi connectivity index (χ0) is 21.4. The van der Waals surface area contributed by atoms with Gasteiger partial charge < -0.3 is 19.5 Å². The molecule has 0 bridgehead atoms. The van der Waals surface area contributed by atoms with E-state index in [2.05, 4.69) is 23.9 Å². The van der Waals surface area contributed by atoms with E-state index in [1.807, 2.05) is 0 Å². The summed E-state index contributed by atoms with van der Waals surface area (Å²) in [5, 5.41) is 2.83. The van der Waals surface area contributed by atoms with Crippen molar-refractivity contribution < 1.29 is 23.8 Å². The molecule has 0 aliphatic carbocycles. The molecule has 2 rings (SSSR count). The molecule has 7 nitrogen and oxygen atoms in total. The van der Waals surface area contributed by atoms with Crippen molar-refractivity contribution >= 4 is 23.4 Å². The van der Waals surface area contributed by atoms with E-state index in [-0.39, 0.29) is 5.91 Å². The third-order valence-electron chi connectivity index (χ3n) is 4.34. The molecule has 0 spiro atoms. The van der Waals surface area contributed by atoms with Crippen LogP contribution in [0, 0.1) is 5.92 Å². The monoisotopic (exact) mass is 400 g/mol. The summed E-state index contributed by atoms with van der Waals surface area (Å²) in [5.74, 6) is 1.40. The molecule has 0 aromatic heterocycles. The minimum Gasteiger partial charge on any atom is -0.493 e. The number of carbonyl (C=O) groups excluding carboxylic acids is 2. The van der Waals surface area contributed by atoms with E-state index in [1.165, 1.54) is 12.0 Å². The summed E-state index contributed by atoms with van der Waals surface area (Å²) >= 11 is 0. The first kappa shape index (κ1) is 22.1. The van der Waals surface area contributed by atoms with Crippen LogP contribution in [-0.4, -0.2) is 39.9 Å². The highest BCUT2D eigenvalue weighted by atomic mass is 16.5. The van der Waals surface area contributed by atoms with Crippen molar-refractivity contribution in [3.05, 3.63) is 48.0 Å². The van der Waals surface area contributed by atoms with Crippen LogP contribution in [0.15, 0.2) is 42.5 Å². The quantitative estimate of drug-likeness (QED) is 0.702. The number of nitrogens with zero attached hydrogens (tertiary/aromatic N) is 1. The normalized spacial score (nSPS) is 10.4. The highest BCUT2D eigenvalue weighted by molar-refractivity contribution is 6.04. The third-order valence-corrected chi connectivity index (χ3v) is 4.34. The Bertz CT molecular complexity index is 834. The topological polar surface area (TPSA) is 77.1 Å². The summed E-state index contributed by atoms with van der Waals surface area (Å²) < 4.78 is 15.8. The molecule has 29 heavy (non-hydrogen) atoms. The van der Waals surface area contributed by atoms with E-state index >= 15 is 0 Å². The molecule has 0 unspecified atom stereocenters. The van der Waals surface area contributed by atoms with Gasteiger partial charge in [-0.25, -0.2) is 4.79 Å². The Morgan fingerprint density at radius 2 is 1.72 bits per heavy atom. The second-order valence-electron chi connectivity index (χ2n) is 6.93. The van der Waals surface area contributed by atoms with Crippen molar-refractivity contribution in [1.29, 1.82) is 0 Å². The molecule has 7 heteroatoms. The number of nitrogens with one attached hydrogen (secondary N) is 1. The Hall–Kier alpha value is -3.22. The van der Waals surface area contributed by atoms with Gasteiger partial charge in [-0.3, -0.25) is 9.69 Å². The molecule has 0 aliphatic heterocycles. The van der Waals surface area contributed by atoms with Gasteiger partial charge >= 0.3 is 6.09 Å². The van der Waals surface area contributed by atoms with E-state index in [0.29, 0.717) is 41.0 Å². The van der Waals surface area contributed by atoms with Crippen LogP contribution in [0.25, 0.3) is 0 Å². The zero-order valence-corrected chi connectivity index (χ0v) is 17.5. The smallest absolute Gasteiger partial charge is 0.413 e. The van der Waals surface area contributed by atoms with Gasteiger partial charge in [-0.15, -0.1) is 0 Å². The van der Waals surface area contributed by atoms with Crippen LogP contribution >= 0.6 is 0 Å². The van der Waals surface area contributed by atoms with Gasteiger partial charge in [-0.05, 0) is 54.8 Å². The van der Waals surface area contributed by atoms with Gasteiger partial charge in [-0.2, -0.15) is 0 Å². The van der Waals surface area contributed by atoms with E-state index in [9.17, 15) is 9.59 Å². The van der Waals surface area contributed by atoms with Crippen LogP contribution in [0.4, 0.5) is 16.2 Å². The lowest BCUT2D eigenvalue weighted by Crippen LogP contribution is -2.25. The molecule has 156 valence electrons. The molecular weight excluding hydrogens is 372 g/mol. The maximum Gasteiger partial charge on any atom is 0.413 e. The fourth-order valence-corrected chi connectivity index (χ4v) is 2.55. The lowest BCUT2D eigenvalue weighted by atomic mass is 10.1. The van der Waals surface area contributed by atoms with Crippen molar-refractivity contribution in [2.75, 3.05) is 38.1 Å². The Labute approximate surface area is 171 Å². The van der Waals surface area contributed by atoms with Crippen molar-refractivity contribution in [2.45, 2.75) is 20.3 Å². The number of hydrogen-bond donors (Lipinski definition) is 1. The summed E-state index contributed by atoms with van der Waals surface area (Å²) in [5.41, 5.74) is 1.71. The summed E-state index contributed by atoms with van der Waals surface area (Å²) in [6, 6.07) is 12.0. The van der Waals surface area contributed by atoms with Crippen LogP contribution in [-0.2, 0) is 4.74 Å². The second-order valence-corrected chi connectivity index (χ2v) is 6.93. The Morgan fingerprint density at radius 1 is 1.03 bits per heavy atom. The molecular formula is C22H28N2O5. The molecule has 0 saturated heterocycles. The number of rotatable bonds is 8. The van der Waals surface area contributed by atoms with E-state index in [0.717, 1.165) is 6.42 Å². The standard InChI is InChI=1S/C22H28N2O5/c1-15(2)12-13-29-19-11-6-16(14-20(19)27-4)21(25)23-17-7-9-18(10-8-17)24(3)22(26)28-5/h6-11,14-15H,12-13H2,1-5H3,(H,23,25). The lowest BCUT2D eigenvalue weighted by molar-refractivity contribution is 0.102. The zero-order valence-electron chi connectivity index (χ0n) is 17.5. The van der Waals surface area contributed by atoms with E-state index in [1.54, 1.807) is 56.6 Å². The Morgan fingerprint density at radius 3 is 2.31 bits per heavy atom. The number of amides is 2. The molecule has 2 amide bonds. The van der Waals surface area contributed by atoms with Crippen molar-refractivity contribution in [3.63, 3.8) is 0 Å². The van der Waals surface area contributed by atoms with Gasteiger partial charge in [0.1, 0.15) is 0 Å². The largest absolute Gasteiger partial charge is 0.493 e. The molecule has 2 aromatic carbocycles. The third kappa shape index (κ3) is 6.14. The van der Waals surface area contributed by atoms with Crippen LogP contribution < -0.4 is 19.7 Å². The number of ether oxygens (including phenoxy) is 3. The van der Waals surface area contributed by atoms with Gasteiger partial charge in [0.25, 0.3) is 5.91 Å². The molecule has 0 heterocycles. The highest BCUT2D eigenvalue weighted by Gasteiger charge is 2.13. The van der Waals surface area contributed by atoms with Crippen molar-refractivity contribution in [3.8, 4) is 11.5 Å². The molecule has 1 N–H and O–H groups in total. The van der Waals surface area contributed by atoms with Crippen molar-refractivity contribution in [2.24, 2.45) is 5.92 Å². The van der Waals surface area contributed by atoms with Crippen LogP contribution in [0.3, 0.4) is 0 Å². The first-order valence-corrected chi connectivity index (χ1v) is 9.39. The van der Waals surface area contributed by atoms with E-state index < -0.39 is 6.09 Å². The molecule has 0 aliphatic rings. The summed E-state index contributed by atoms with van der Waals surface area (Å²) in [4.78, 5) is 25.5. The van der Waals surface area contributed by atoms with E-state index in [4.69, 9.17) is 9.47 Å². The number of hydrogen-bond acceptors (Lipinski definition) is 5. The molecule has 0 saturated carbocycles. The molecule has 0 fully saturated rings. The van der Waals surface area contributed by atoms with Gasteiger partial charge in [-0.1, -0.05) is 13.8 Å². The van der Waals surface area contributed by atoms with Gasteiger partial charge in [0.15, 0.2) is 11.5 Å². The summed E-state index contributed by atoms with van der Waals surface area (Å²) in [6.07, 6.45) is 0.469. The fraction of sp³-hybridized carbons (Fsp3) is 0.364. The Balaban J connectivity index is 2.05. The van der Waals surface area contributed by atoms with Crippen LogP contribution in [0.5, 0.6) is 11.5 Å². The maximum atomic E-state index is 12.6. The first-order valence-electron chi connectivity index (χ1n) is 9.39. The van der Waals surface area contributed by atoms with Crippen LogP contribution in [0.1, 0.15) is 30.6 Å². The summed E-state index contributed by atoms with van der Waals surface area (Å²) in [7, 11) is 4.47. The predicted molar refractivity (Wildman–Crippen MR) is 113 cm³/mol. The number of benzene rings is 2. The average molecular weight is 400 g/mol. The van der Waals surface area contributed by atoms with Crippen LogP contribution in [0.2, 0.25) is 0 Å².